The Morgan fingerprint density at radius 1 is 0.475 bits per heavy atom. The maximum absolute atomic E-state index is 12.7. The van der Waals surface area contributed by atoms with E-state index in [4.69, 9.17) is 5.11 Å². The average Bonchev–Trinajstić information content (AvgIpc) is 3.84. The molecule has 2 N–H and O–H groups in total. The zero-order chi connectivity index (χ0) is 41.6. The minimum atomic E-state index is -3.41. The molecule has 0 saturated carbocycles. The van der Waals surface area contributed by atoms with Crippen LogP contribution >= 0.6 is 0 Å². The van der Waals surface area contributed by atoms with Crippen LogP contribution in [0.25, 0.3) is 21.8 Å². The Labute approximate surface area is 356 Å². The van der Waals surface area contributed by atoms with Crippen LogP contribution in [0.15, 0.2) is 180 Å². The lowest BCUT2D eigenvalue weighted by Crippen LogP contribution is -2.06. The summed E-state index contributed by atoms with van der Waals surface area (Å²) in [6.07, 6.45) is 3.84. The van der Waals surface area contributed by atoms with Crippen LogP contribution in [0.1, 0.15) is 57.8 Å². The Kier molecular flexibility index (Phi) is 14.6. The molecule has 10 nitrogen and oxygen atoms in total. The third-order valence-corrected chi connectivity index (χ3v) is 13.3. The predicted molar refractivity (Wildman–Crippen MR) is 241 cm³/mol. The van der Waals surface area contributed by atoms with Gasteiger partial charge in [-0.25, -0.2) is 21.6 Å². The van der Waals surface area contributed by atoms with Crippen molar-refractivity contribution >= 4 is 53.2 Å². The van der Waals surface area contributed by atoms with Crippen molar-refractivity contribution in [2.24, 2.45) is 0 Å². The second kappa shape index (κ2) is 19.6. The fraction of sp³-hybridized carbons (Fsp3) is 0.143. The Morgan fingerprint density at radius 2 is 0.885 bits per heavy atom. The van der Waals surface area contributed by atoms with Crippen molar-refractivity contribution in [1.82, 2.24) is 9.13 Å². The van der Waals surface area contributed by atoms with Crippen LogP contribution in [-0.4, -0.2) is 54.5 Å². The van der Waals surface area contributed by atoms with Gasteiger partial charge in [0.15, 0.2) is 25.5 Å². The molecule has 0 amide bonds. The molecule has 0 unspecified atom stereocenters. The van der Waals surface area contributed by atoms with Gasteiger partial charge in [-0.2, -0.15) is 0 Å². The Bertz CT molecular complexity index is 3010. The molecule has 2 aromatic heterocycles. The standard InChI is InChI=1S/C24H21NO4S.C23H19NO4S.2CH4/c26-16-24(27)21-10-9-20-11-12-25(23(20)14-21)15-18-5-4-6-19(13-18)17-30(28,29)22-7-2-1-3-8-22;25-23(26)20-10-9-19-11-12-24(22(19)14-20)15-17-5-4-6-18(13-17)16-29(27,28)21-7-2-1-3-8-21;;/h1-14,26H,15-17H2;1-14H,15-16H2,(H,25,26);2*1H4. The lowest BCUT2D eigenvalue weighted by atomic mass is 10.1. The number of carbonyl (C=O) groups excluding carboxylic acids is 1. The van der Waals surface area contributed by atoms with Crippen molar-refractivity contribution in [2.45, 2.75) is 49.2 Å². The van der Waals surface area contributed by atoms with Gasteiger partial charge in [0.25, 0.3) is 0 Å². The fourth-order valence-corrected chi connectivity index (χ4v) is 9.65. The number of hydrogen-bond acceptors (Lipinski definition) is 7. The number of carboxylic acids is 1. The van der Waals surface area contributed by atoms with E-state index in [-0.39, 0.29) is 37.7 Å². The highest BCUT2D eigenvalue weighted by molar-refractivity contribution is 7.91. The lowest BCUT2D eigenvalue weighted by molar-refractivity contribution is 0.0696. The highest BCUT2D eigenvalue weighted by Gasteiger charge is 2.17. The maximum atomic E-state index is 12.7. The number of aliphatic hydroxyl groups is 1. The first-order valence-corrected chi connectivity index (χ1v) is 22.0. The van der Waals surface area contributed by atoms with Gasteiger partial charge in [0.05, 0.1) is 26.9 Å². The summed E-state index contributed by atoms with van der Waals surface area (Å²) in [4.78, 5) is 23.7. The zero-order valence-corrected chi connectivity index (χ0v) is 33.4. The van der Waals surface area contributed by atoms with Gasteiger partial charge in [0.1, 0.15) is 6.61 Å². The molecule has 2 heterocycles. The van der Waals surface area contributed by atoms with E-state index in [1.54, 1.807) is 97.1 Å². The molecule has 6 aromatic carbocycles. The Balaban J connectivity index is 0.000000224. The molecule has 0 bridgehead atoms. The zero-order valence-electron chi connectivity index (χ0n) is 31.8. The quantitative estimate of drug-likeness (QED) is 0.109. The van der Waals surface area contributed by atoms with E-state index in [1.807, 2.05) is 82.2 Å². The van der Waals surface area contributed by atoms with Crippen LogP contribution in [0.4, 0.5) is 0 Å². The highest BCUT2D eigenvalue weighted by atomic mass is 32.2. The van der Waals surface area contributed by atoms with E-state index >= 15 is 0 Å². The Hall–Kier alpha value is -6.60. The molecule has 8 rings (SSSR count). The van der Waals surface area contributed by atoms with E-state index in [1.165, 1.54) is 0 Å². The number of Topliss-reactive ketones (excluding diaryl/α,β-unsaturated/α-hetero) is 1. The number of sulfone groups is 2. The van der Waals surface area contributed by atoms with Crippen molar-refractivity contribution in [2.75, 3.05) is 6.61 Å². The number of ketones is 1. The normalized spacial score (nSPS) is 11.2. The van der Waals surface area contributed by atoms with Crippen LogP contribution in [-0.2, 0) is 44.3 Å². The van der Waals surface area contributed by atoms with Crippen LogP contribution in [0, 0.1) is 0 Å². The largest absolute Gasteiger partial charge is 0.478 e. The second-order valence-corrected chi connectivity index (χ2v) is 18.1. The number of benzene rings is 6. The molecular formula is C49H48N2O8S2. The van der Waals surface area contributed by atoms with Crippen LogP contribution < -0.4 is 0 Å². The molecule has 314 valence electrons. The van der Waals surface area contributed by atoms with E-state index in [2.05, 4.69) is 0 Å². The molecule has 61 heavy (non-hydrogen) atoms. The minimum Gasteiger partial charge on any atom is -0.478 e. The van der Waals surface area contributed by atoms with Crippen molar-refractivity contribution in [3.05, 3.63) is 203 Å². The molecule has 12 heteroatoms. The number of carboxylic acid groups (broad SMARTS) is 1. The summed E-state index contributed by atoms with van der Waals surface area (Å²) in [7, 11) is -6.83. The van der Waals surface area contributed by atoms with Gasteiger partial charge >= 0.3 is 5.97 Å². The molecule has 0 aliphatic heterocycles. The van der Waals surface area contributed by atoms with Gasteiger partial charge in [0.2, 0.25) is 0 Å². The van der Waals surface area contributed by atoms with Crippen molar-refractivity contribution in [3.8, 4) is 0 Å². The molecule has 0 aliphatic carbocycles. The van der Waals surface area contributed by atoms with E-state index in [0.29, 0.717) is 34.0 Å². The smallest absolute Gasteiger partial charge is 0.335 e. The van der Waals surface area contributed by atoms with Crippen molar-refractivity contribution in [1.29, 1.82) is 0 Å². The third kappa shape index (κ3) is 11.0. The van der Waals surface area contributed by atoms with Crippen molar-refractivity contribution in [3.63, 3.8) is 0 Å². The summed E-state index contributed by atoms with van der Waals surface area (Å²) in [5.74, 6) is -1.42. The van der Waals surface area contributed by atoms with Crippen LogP contribution in [0.5, 0.6) is 0 Å². The van der Waals surface area contributed by atoms with Gasteiger partial charge in [-0.1, -0.05) is 118 Å². The number of aromatic nitrogens is 2. The first-order valence-electron chi connectivity index (χ1n) is 18.6. The van der Waals surface area contributed by atoms with Gasteiger partial charge in [-0.15, -0.1) is 0 Å². The monoisotopic (exact) mass is 856 g/mol. The lowest BCUT2D eigenvalue weighted by Gasteiger charge is -2.10. The molecule has 0 radical (unpaired) electrons. The summed E-state index contributed by atoms with van der Waals surface area (Å²) in [6, 6.07) is 46.1. The summed E-state index contributed by atoms with van der Waals surface area (Å²) in [5, 5.41) is 20.3. The summed E-state index contributed by atoms with van der Waals surface area (Å²) in [5.41, 5.74) is 5.77. The number of aromatic carboxylic acids is 1. The average molecular weight is 857 g/mol. The molecule has 0 saturated heterocycles. The van der Waals surface area contributed by atoms with Crippen LogP contribution in [0.3, 0.4) is 0 Å². The molecular weight excluding hydrogens is 809 g/mol. The number of rotatable bonds is 13. The van der Waals surface area contributed by atoms with Gasteiger partial charge in [0, 0.05) is 42.1 Å². The van der Waals surface area contributed by atoms with Crippen LogP contribution in [0.2, 0.25) is 0 Å². The Morgan fingerprint density at radius 3 is 1.31 bits per heavy atom. The molecule has 0 fully saturated rings. The summed E-state index contributed by atoms with van der Waals surface area (Å²) in [6.45, 7) is 0.537. The molecule has 0 aliphatic rings. The maximum Gasteiger partial charge on any atom is 0.335 e. The van der Waals surface area contributed by atoms with E-state index in [9.17, 15) is 31.5 Å². The van der Waals surface area contributed by atoms with Gasteiger partial charge in [-0.3, -0.25) is 4.79 Å². The number of hydrogen-bond donors (Lipinski definition) is 2. The SMILES string of the molecule is C.C.O=C(CO)c1ccc2ccn(Cc3cccc(CS(=O)(=O)c4ccccc4)c3)c2c1.O=C(O)c1ccc2ccn(Cc3cccc(CS(=O)(=O)c4ccccc4)c3)c2c1. The number of fused-ring (bicyclic) bond motifs is 2. The van der Waals surface area contributed by atoms with Crippen molar-refractivity contribution < 1.29 is 36.6 Å². The topological polar surface area (TPSA) is 153 Å². The summed E-state index contributed by atoms with van der Waals surface area (Å²) < 4.78 is 54.6. The number of carbonyl (C=O) groups is 2. The number of aliphatic hydroxyl groups excluding tert-OH is 1. The first kappa shape index (κ1) is 45.5. The molecule has 8 aromatic rings. The minimum absolute atomic E-state index is 0. The summed E-state index contributed by atoms with van der Waals surface area (Å²) >= 11 is 0. The van der Waals surface area contributed by atoms with Gasteiger partial charge < -0.3 is 19.3 Å². The third-order valence-electron chi connectivity index (χ3n) is 9.87. The predicted octanol–water partition coefficient (Wildman–Crippen LogP) is 9.47. The van der Waals surface area contributed by atoms with Gasteiger partial charge in [-0.05, 0) is 87.6 Å². The highest BCUT2D eigenvalue weighted by Crippen LogP contribution is 2.23. The fourth-order valence-electron chi connectivity index (χ4n) is 6.93. The molecule has 0 atom stereocenters. The first-order chi connectivity index (χ1) is 28.4. The van der Waals surface area contributed by atoms with E-state index < -0.39 is 32.3 Å². The second-order valence-electron chi connectivity index (χ2n) is 14.1. The number of nitrogens with zero attached hydrogens (tertiary/aromatic N) is 2. The molecule has 0 spiro atoms. The van der Waals surface area contributed by atoms with E-state index in [0.717, 1.165) is 38.5 Å².